The van der Waals surface area contributed by atoms with Gasteiger partial charge in [0.15, 0.2) is 0 Å². The summed E-state index contributed by atoms with van der Waals surface area (Å²) in [7, 11) is 0. The molecule has 1 heterocycles. The number of carbonyl (C=O) groups is 1. The van der Waals surface area contributed by atoms with Crippen molar-refractivity contribution in [3.63, 3.8) is 0 Å². The van der Waals surface area contributed by atoms with E-state index >= 15 is 0 Å². The number of aryl methyl sites for hydroxylation is 1. The Morgan fingerprint density at radius 3 is 2.50 bits per heavy atom. The van der Waals surface area contributed by atoms with Crippen molar-refractivity contribution < 1.29 is 10.3 Å². The van der Waals surface area contributed by atoms with Crippen LogP contribution in [-0.2, 0) is 0 Å². The predicted octanol–water partition coefficient (Wildman–Crippen LogP) is -0.0274. The summed E-state index contributed by atoms with van der Waals surface area (Å²) < 4.78 is 0. The van der Waals surface area contributed by atoms with Gasteiger partial charge in [-0.05, 0) is 31.0 Å². The average Bonchev–Trinajstić information content (AvgIpc) is 1.94. The van der Waals surface area contributed by atoms with Crippen LogP contribution < -0.4 is 5.73 Å². The quantitative estimate of drug-likeness (QED) is 0.638. The molecule has 1 amide bonds. The van der Waals surface area contributed by atoms with Gasteiger partial charge < -0.3 is 11.2 Å². The van der Waals surface area contributed by atoms with E-state index in [1.165, 1.54) is 0 Å². The van der Waals surface area contributed by atoms with E-state index in [9.17, 15) is 4.79 Å². The maximum absolute atomic E-state index is 10.7. The van der Waals surface area contributed by atoms with Gasteiger partial charge in [0.25, 0.3) is 5.91 Å². The summed E-state index contributed by atoms with van der Waals surface area (Å²) in [5.41, 5.74) is 7.34. The third-order valence-electron chi connectivity index (χ3n) is 1.71. The topological polar surface area (TPSA) is 87.5 Å². The van der Waals surface area contributed by atoms with Crippen molar-refractivity contribution in [2.24, 2.45) is 5.73 Å². The summed E-state index contributed by atoms with van der Waals surface area (Å²) in [5, 5.41) is 0. The monoisotopic (exact) mass is 168 g/mol. The molecule has 0 atom stereocenters. The number of aromatic nitrogens is 1. The van der Waals surface area contributed by atoms with Crippen molar-refractivity contribution >= 4 is 5.91 Å². The minimum Gasteiger partial charge on any atom is -0.412 e. The van der Waals surface area contributed by atoms with Crippen LogP contribution in [0.1, 0.15) is 21.6 Å². The van der Waals surface area contributed by atoms with Crippen molar-refractivity contribution in [2.75, 3.05) is 0 Å². The first kappa shape index (κ1) is 10.6. The number of hydrogen-bond donors (Lipinski definition) is 1. The van der Waals surface area contributed by atoms with Crippen molar-refractivity contribution in [3.05, 3.63) is 29.1 Å². The molecule has 0 aliphatic rings. The Hall–Kier alpha value is -1.42. The molecule has 12 heavy (non-hydrogen) atoms. The molecule has 4 heteroatoms. The van der Waals surface area contributed by atoms with Crippen LogP contribution in [0.5, 0.6) is 0 Å². The SMILES string of the molecule is Cc1ccnc(C(N)=O)c1C.O. The lowest BCUT2D eigenvalue weighted by molar-refractivity contribution is 0.0995. The highest BCUT2D eigenvalue weighted by atomic mass is 16.1. The van der Waals surface area contributed by atoms with Gasteiger partial charge in [-0.3, -0.25) is 9.78 Å². The molecule has 0 radical (unpaired) electrons. The lowest BCUT2D eigenvalue weighted by Gasteiger charge is -2.01. The molecule has 0 fully saturated rings. The Morgan fingerprint density at radius 2 is 2.08 bits per heavy atom. The molecule has 66 valence electrons. The number of hydrogen-bond acceptors (Lipinski definition) is 2. The van der Waals surface area contributed by atoms with Crippen LogP contribution in [0.25, 0.3) is 0 Å². The maximum Gasteiger partial charge on any atom is 0.267 e. The van der Waals surface area contributed by atoms with Gasteiger partial charge in [-0.15, -0.1) is 0 Å². The van der Waals surface area contributed by atoms with Crippen LogP contribution in [0.3, 0.4) is 0 Å². The number of pyridine rings is 1. The van der Waals surface area contributed by atoms with Crippen molar-refractivity contribution in [3.8, 4) is 0 Å². The van der Waals surface area contributed by atoms with Crippen LogP contribution in [0.2, 0.25) is 0 Å². The fourth-order valence-electron chi connectivity index (χ4n) is 0.881. The summed E-state index contributed by atoms with van der Waals surface area (Å²) in [6, 6.07) is 1.85. The number of carbonyl (C=O) groups excluding carboxylic acids is 1. The standard InChI is InChI=1S/C8H10N2O.H2O/c1-5-3-4-10-7(6(5)2)8(9)11;/h3-4H,1-2H3,(H2,9,11);1H2. The predicted molar refractivity (Wildman–Crippen MR) is 45.8 cm³/mol. The fourth-order valence-corrected chi connectivity index (χ4v) is 0.881. The number of nitrogens with zero attached hydrogens (tertiary/aromatic N) is 1. The Balaban J connectivity index is 0.00000121. The zero-order valence-corrected chi connectivity index (χ0v) is 7.09. The molecular formula is C8H12N2O2. The van der Waals surface area contributed by atoms with E-state index in [1.54, 1.807) is 6.20 Å². The Kier molecular flexibility index (Phi) is 3.37. The molecule has 1 rings (SSSR count). The van der Waals surface area contributed by atoms with Crippen LogP contribution in [0, 0.1) is 13.8 Å². The Bertz CT molecular complexity index is 297. The van der Waals surface area contributed by atoms with Gasteiger partial charge >= 0.3 is 0 Å². The summed E-state index contributed by atoms with van der Waals surface area (Å²) in [5.74, 6) is -0.466. The molecule has 0 aliphatic heterocycles. The third kappa shape index (κ3) is 1.79. The van der Waals surface area contributed by atoms with E-state index in [-0.39, 0.29) is 5.48 Å². The first-order valence-corrected chi connectivity index (χ1v) is 3.35. The molecule has 4 N–H and O–H groups in total. The molecule has 0 aliphatic carbocycles. The van der Waals surface area contributed by atoms with Crippen molar-refractivity contribution in [2.45, 2.75) is 13.8 Å². The Morgan fingerprint density at radius 1 is 1.50 bits per heavy atom. The lowest BCUT2D eigenvalue weighted by Crippen LogP contribution is -2.15. The van der Waals surface area contributed by atoms with Crippen LogP contribution in [0.4, 0.5) is 0 Å². The number of nitrogens with two attached hydrogens (primary N) is 1. The largest absolute Gasteiger partial charge is 0.412 e. The highest BCUT2D eigenvalue weighted by molar-refractivity contribution is 5.92. The molecule has 0 saturated heterocycles. The van der Waals surface area contributed by atoms with Gasteiger partial charge in [-0.2, -0.15) is 0 Å². The molecular weight excluding hydrogens is 156 g/mol. The second-order valence-electron chi connectivity index (χ2n) is 2.47. The number of primary amides is 1. The molecule has 0 aromatic carbocycles. The highest BCUT2D eigenvalue weighted by Gasteiger charge is 2.06. The van der Waals surface area contributed by atoms with Gasteiger partial charge in [0.1, 0.15) is 5.69 Å². The average molecular weight is 168 g/mol. The molecule has 0 unspecified atom stereocenters. The summed E-state index contributed by atoms with van der Waals surface area (Å²) in [6.45, 7) is 3.76. The first-order chi connectivity index (χ1) is 5.13. The molecule has 0 bridgehead atoms. The summed E-state index contributed by atoms with van der Waals surface area (Å²) in [6.07, 6.45) is 1.59. The van der Waals surface area contributed by atoms with Gasteiger partial charge in [-0.1, -0.05) is 0 Å². The van der Waals surface area contributed by atoms with E-state index in [0.717, 1.165) is 11.1 Å². The minimum atomic E-state index is -0.466. The normalized spacial score (nSPS) is 8.83. The van der Waals surface area contributed by atoms with E-state index < -0.39 is 5.91 Å². The lowest BCUT2D eigenvalue weighted by atomic mass is 10.1. The van der Waals surface area contributed by atoms with E-state index in [0.29, 0.717) is 5.69 Å². The van der Waals surface area contributed by atoms with Crippen LogP contribution >= 0.6 is 0 Å². The number of rotatable bonds is 1. The first-order valence-electron chi connectivity index (χ1n) is 3.35. The number of amides is 1. The maximum atomic E-state index is 10.7. The van der Waals surface area contributed by atoms with Gasteiger partial charge in [0.2, 0.25) is 0 Å². The highest BCUT2D eigenvalue weighted by Crippen LogP contribution is 2.08. The van der Waals surface area contributed by atoms with Crippen molar-refractivity contribution in [1.29, 1.82) is 0 Å². The van der Waals surface area contributed by atoms with E-state index in [2.05, 4.69) is 4.98 Å². The Labute approximate surface area is 70.7 Å². The van der Waals surface area contributed by atoms with Gasteiger partial charge in [0, 0.05) is 6.20 Å². The molecule has 0 saturated carbocycles. The molecule has 0 spiro atoms. The smallest absolute Gasteiger partial charge is 0.267 e. The molecule has 4 nitrogen and oxygen atoms in total. The summed E-state index contributed by atoms with van der Waals surface area (Å²) in [4.78, 5) is 14.6. The van der Waals surface area contributed by atoms with E-state index in [4.69, 9.17) is 5.73 Å². The third-order valence-corrected chi connectivity index (χ3v) is 1.71. The van der Waals surface area contributed by atoms with Gasteiger partial charge in [0.05, 0.1) is 0 Å². The second kappa shape index (κ2) is 3.82. The minimum absolute atomic E-state index is 0. The summed E-state index contributed by atoms with van der Waals surface area (Å²) >= 11 is 0. The molecule has 1 aromatic rings. The molecule has 1 aromatic heterocycles. The second-order valence-corrected chi connectivity index (χ2v) is 2.47. The van der Waals surface area contributed by atoms with Crippen molar-refractivity contribution in [1.82, 2.24) is 4.98 Å². The fraction of sp³-hybridized carbons (Fsp3) is 0.250. The van der Waals surface area contributed by atoms with Crippen LogP contribution in [0.15, 0.2) is 12.3 Å². The zero-order valence-electron chi connectivity index (χ0n) is 7.09. The van der Waals surface area contributed by atoms with E-state index in [1.807, 2.05) is 19.9 Å². The van der Waals surface area contributed by atoms with Gasteiger partial charge in [-0.25, -0.2) is 0 Å². The van der Waals surface area contributed by atoms with Crippen LogP contribution in [-0.4, -0.2) is 16.4 Å². The zero-order chi connectivity index (χ0) is 8.43.